The fraction of sp³-hybridized carbons (Fsp3) is 0.667. The van der Waals surface area contributed by atoms with E-state index in [1.54, 1.807) is 99.4 Å². The molecule has 6 amide bonds. The summed E-state index contributed by atoms with van der Waals surface area (Å²) in [5.41, 5.74) is 33.4. The second-order valence-electron chi connectivity index (χ2n) is 40.0. The highest BCUT2D eigenvalue weighted by Gasteiger charge is 2.32. The van der Waals surface area contributed by atoms with Crippen LogP contribution in [-0.2, 0) is 66.4 Å². The Morgan fingerprint density at radius 2 is 0.596 bits per heavy atom. The van der Waals surface area contributed by atoms with Crippen LogP contribution in [0.25, 0.3) is 0 Å². The summed E-state index contributed by atoms with van der Waals surface area (Å²) in [5.74, 6) is 0.922. The van der Waals surface area contributed by atoms with Gasteiger partial charge in [-0.05, 0) is 224 Å². The van der Waals surface area contributed by atoms with Crippen LogP contribution in [0, 0.1) is 0 Å². The Bertz CT molecular complexity index is 5190. The molecule has 0 unspecified atom stereocenters. The minimum Gasteiger partial charge on any atom is -0.339 e. The molecule has 13 rings (SSSR count). The van der Waals surface area contributed by atoms with Crippen molar-refractivity contribution in [1.82, 2.24) is 70.3 Å². The molecule has 29 nitrogen and oxygen atoms in total. The van der Waals surface area contributed by atoms with Crippen molar-refractivity contribution in [1.29, 1.82) is 0 Å². The Kier molecular flexibility index (Phi) is 53.1. The highest BCUT2D eigenvalue weighted by molar-refractivity contribution is 7.92. The van der Waals surface area contributed by atoms with Gasteiger partial charge >= 0.3 is 12.1 Å². The maximum absolute atomic E-state index is 11.6. The van der Waals surface area contributed by atoms with Gasteiger partial charge in [0.15, 0.2) is 9.84 Å². The van der Waals surface area contributed by atoms with Gasteiger partial charge in [0.05, 0.1) is 24.0 Å². The summed E-state index contributed by atoms with van der Waals surface area (Å²) in [7, 11) is 0.908. The highest BCUT2D eigenvalue weighted by Crippen LogP contribution is 2.27. The molecule has 1 aromatic rings. The first-order valence-corrected chi connectivity index (χ1v) is 55.8. The SMILES string of the molecule is CC(=O)N1CC(C)=C(C)C1.CC(=O)N1CCC(C)=C(C)C1.CC1=C(C)CN(C(=O)N(C)C)C1.CC1=C(C)CN(C(=O)N(C)C)CC1.CC1=C(C)CN(C)C1.CC1=C(C)CN(C)CC1.CC1=C(C)CN(Cc2ccccc2)CC1.CC1=C(C)CN(S(=O)(=O)N(C)C)C1.CC1=C(C)CN(S(C)(=O)=O)C1.CC1=C(C)CN(S(C)(=O)=O)CC1.CC1=C(C)CS(=O)(=O)C1.CNS(=O)(=O)N1CCC(C)=C(C)C1. The Balaban J connectivity index is 0.000000503. The second kappa shape index (κ2) is 57.8. The van der Waals surface area contributed by atoms with Crippen LogP contribution in [0.3, 0.4) is 0 Å². The van der Waals surface area contributed by atoms with Gasteiger partial charge in [-0.3, -0.25) is 19.4 Å². The Morgan fingerprint density at radius 1 is 0.316 bits per heavy atom. The molecule has 12 aliphatic rings. The molecule has 0 saturated heterocycles. The number of carbonyl (C=O) groups is 4. The van der Waals surface area contributed by atoms with E-state index in [-0.39, 0.29) is 35.4 Å². The van der Waals surface area contributed by atoms with E-state index in [2.05, 4.69) is 175 Å². The van der Waals surface area contributed by atoms with Gasteiger partial charge in [-0.25, -0.2) is 39.6 Å². The van der Waals surface area contributed by atoms with Crippen molar-refractivity contribution in [3.63, 3.8) is 0 Å². The predicted octanol–water partition coefficient (Wildman–Crippen LogP) is 15.2. The number of nitrogens with zero attached hydrogens (tertiary/aromatic N) is 14. The maximum atomic E-state index is 11.6. The van der Waals surface area contributed by atoms with Gasteiger partial charge in [-0.1, -0.05) is 164 Å². The first kappa shape index (κ1) is 125. The van der Waals surface area contributed by atoms with Crippen LogP contribution in [0.1, 0.15) is 224 Å². The standard InChI is InChI=1S/C14H19N.C10H18N2O.C9H16N2O.C9H15NO.2C8H16N2O2S.C8H15NO2S.C8H13NO.C8H15N.C7H13NO2S.C7H13N.C6H10O2S/c1-12-8-9-15(10-13(12)2)11-14-6-4-3-5-7-14;1-8-5-6-12(7-9(8)2)10(13)11(3)4;1-7-5-11(6-8(7)2)9(12)10(3)4;1-7-4-5-10(9(3)11)6-8(7)2;1-7-5-10(6-8(7)2)13(11,12)9(3)4;1-7-4-5-10(6-8(7)2)13(11,12)9-3;1-7-4-5-9(6-8(7)2)12(3,10)11;1-6-4-9(8(3)10)5-7(6)2;1-7-4-5-9(3)6-8(7)2;1-6-4-8(5-7(6)2)11(3,9)10;1-6-4-8(3)5-7(6)2;1-5-3-9(7,8)4-6(5)2/h3-7H,8-11H2,1-2H3;5-7H2,1-4H3;5-6H2,1-4H3;4-6H2,1-3H3;5-6H2,1-4H3;9H,4-6H2,1-3H3;4-6H2,1-3H3;4-5H2,1-3H3;4-6H2,1-3H3;4-5H2,1-3H3;4-5H2,1-3H3;3-4H2,1-2H3. The van der Waals surface area contributed by atoms with Gasteiger partial charge in [0.1, 0.15) is 0 Å². The van der Waals surface area contributed by atoms with Gasteiger partial charge in [-0.15, -0.1) is 0 Å². The molecule has 1 N–H and O–H groups in total. The van der Waals surface area contributed by atoms with Crippen LogP contribution < -0.4 is 4.72 Å². The summed E-state index contributed by atoms with van der Waals surface area (Å²) >= 11 is 0. The Morgan fingerprint density at radius 3 is 0.897 bits per heavy atom. The van der Waals surface area contributed by atoms with Crippen LogP contribution in [-0.4, -0.2) is 363 Å². The highest BCUT2D eigenvalue weighted by atomic mass is 32.2. The van der Waals surface area contributed by atoms with E-state index in [0.717, 1.165) is 119 Å². The van der Waals surface area contributed by atoms with E-state index in [0.29, 0.717) is 52.4 Å². The minimum atomic E-state index is -3.23. The summed E-state index contributed by atoms with van der Waals surface area (Å²) in [5, 5.41) is 0. The maximum Gasteiger partial charge on any atom is 0.320 e. The fourth-order valence-electron chi connectivity index (χ4n) is 15.5. The van der Waals surface area contributed by atoms with Crippen molar-refractivity contribution in [2.75, 3.05) is 231 Å². The number of sulfone groups is 1. The molecular weight excluding hydrogens is 1820 g/mol. The third-order valence-electron chi connectivity index (χ3n) is 27.1. The summed E-state index contributed by atoms with van der Waals surface area (Å²) < 4.78 is 122. The number of carbonyl (C=O) groups excluding carboxylic acids is 4. The van der Waals surface area contributed by atoms with Crippen molar-refractivity contribution >= 4 is 74.2 Å². The number of hydrogen-bond acceptors (Lipinski definition) is 17. The zero-order valence-corrected chi connectivity index (χ0v) is 94.9. The third-order valence-corrected chi connectivity index (χ3v) is 34.6. The summed E-state index contributed by atoms with van der Waals surface area (Å²) in [6.07, 6.45) is 8.79. The number of rotatable bonds is 8. The van der Waals surface area contributed by atoms with Gasteiger partial charge in [0.2, 0.25) is 31.9 Å². The van der Waals surface area contributed by atoms with E-state index >= 15 is 0 Å². The molecular formula is C102H179N15O14S5. The molecule has 0 spiro atoms. The Labute approximate surface area is 826 Å². The molecule has 136 heavy (non-hydrogen) atoms. The average Bonchev–Trinajstić information content (AvgIpc) is 1.77. The van der Waals surface area contributed by atoms with Crippen molar-refractivity contribution < 1.29 is 61.3 Å². The molecule has 0 radical (unpaired) electrons. The second-order valence-corrected chi connectivity index (χ2v) is 50.1. The van der Waals surface area contributed by atoms with Gasteiger partial charge in [0.25, 0.3) is 20.4 Å². The fourth-order valence-corrected chi connectivity index (χ4v) is 21.2. The number of likely N-dealkylation sites (N-methyl/N-ethyl adjacent to an activating group) is 2. The van der Waals surface area contributed by atoms with E-state index in [4.69, 9.17) is 0 Å². The molecule has 0 aromatic heterocycles. The largest absolute Gasteiger partial charge is 0.339 e. The number of sulfonamides is 2. The number of nitrogens with one attached hydrogen (secondary N) is 1. The van der Waals surface area contributed by atoms with Gasteiger partial charge < -0.3 is 34.3 Å². The topological polar surface area (TPSA) is 296 Å². The molecule has 12 heterocycles. The van der Waals surface area contributed by atoms with Crippen LogP contribution in [0.2, 0.25) is 0 Å². The lowest BCUT2D eigenvalue weighted by atomic mass is 10.0. The molecule has 0 fully saturated rings. The lowest BCUT2D eigenvalue weighted by Gasteiger charge is -2.30. The lowest BCUT2D eigenvalue weighted by Crippen LogP contribution is -2.42. The van der Waals surface area contributed by atoms with E-state index in [1.165, 1.54) is 165 Å². The average molecular weight is 2000 g/mol. The molecule has 0 aliphatic carbocycles. The predicted molar refractivity (Wildman–Crippen MR) is 566 cm³/mol. The van der Waals surface area contributed by atoms with Crippen molar-refractivity contribution in [2.24, 2.45) is 0 Å². The lowest BCUT2D eigenvalue weighted by molar-refractivity contribution is -0.129. The molecule has 0 bridgehead atoms. The Hall–Kier alpha value is -7.03. The van der Waals surface area contributed by atoms with E-state index in [1.807, 2.05) is 75.0 Å². The molecule has 0 saturated carbocycles. The van der Waals surface area contributed by atoms with E-state index < -0.39 is 50.3 Å². The van der Waals surface area contributed by atoms with Gasteiger partial charge in [0, 0.05) is 214 Å². The summed E-state index contributed by atoms with van der Waals surface area (Å²) in [6, 6.07) is 11.0. The van der Waals surface area contributed by atoms with Crippen LogP contribution in [0.5, 0.6) is 0 Å². The van der Waals surface area contributed by atoms with Crippen LogP contribution in [0.15, 0.2) is 164 Å². The first-order chi connectivity index (χ1) is 62.6. The first-order valence-electron chi connectivity index (χ1n) is 47.4. The van der Waals surface area contributed by atoms with Crippen molar-refractivity contribution in [3.05, 3.63) is 170 Å². The minimum absolute atomic E-state index is 0.103. The molecule has 0 atom stereocenters. The summed E-state index contributed by atoms with van der Waals surface area (Å²) in [6.45, 7) is 72.6. The normalized spacial score (nSPS) is 20.2. The zero-order valence-electron chi connectivity index (χ0n) is 90.8. The van der Waals surface area contributed by atoms with Crippen molar-refractivity contribution in [3.8, 4) is 0 Å². The zero-order chi connectivity index (χ0) is 104. The molecule has 34 heteroatoms. The smallest absolute Gasteiger partial charge is 0.320 e. The number of urea groups is 2. The number of amides is 6. The summed E-state index contributed by atoms with van der Waals surface area (Å²) in [4.78, 5) is 62.8. The molecule has 12 aliphatic heterocycles. The third kappa shape index (κ3) is 44.0. The van der Waals surface area contributed by atoms with Crippen LogP contribution >= 0.6 is 0 Å². The van der Waals surface area contributed by atoms with E-state index in [9.17, 15) is 61.3 Å². The van der Waals surface area contributed by atoms with Gasteiger partial charge in [-0.2, -0.15) is 38.4 Å². The monoisotopic (exact) mass is 2000 g/mol. The number of hydrogen-bond donors (Lipinski definition) is 1. The molecule has 1 aromatic carbocycles. The quantitative estimate of drug-likeness (QED) is 0.237. The van der Waals surface area contributed by atoms with Crippen molar-refractivity contribution in [2.45, 2.75) is 225 Å². The number of benzene rings is 1. The van der Waals surface area contributed by atoms with Crippen LogP contribution in [0.4, 0.5) is 9.59 Å². The molecule has 776 valence electrons.